The van der Waals surface area contributed by atoms with Crippen molar-refractivity contribution in [3.63, 3.8) is 0 Å². The molecule has 0 bridgehead atoms. The molecule has 3 heterocycles. The Bertz CT molecular complexity index is 885. The van der Waals surface area contributed by atoms with Gasteiger partial charge in [-0.1, -0.05) is 11.6 Å². The zero-order chi connectivity index (χ0) is 19.7. The van der Waals surface area contributed by atoms with Gasteiger partial charge in [0.25, 0.3) is 0 Å². The highest BCUT2D eigenvalue weighted by molar-refractivity contribution is 6.30. The first-order chi connectivity index (χ1) is 12.8. The number of halogens is 1. The third-order valence-electron chi connectivity index (χ3n) is 5.21. The first-order valence-electron chi connectivity index (χ1n) is 9.08. The Labute approximate surface area is 164 Å². The number of carbonyl (C=O) groups is 1. The zero-order valence-corrected chi connectivity index (χ0v) is 16.9. The first kappa shape index (κ1) is 19.4. The molecule has 1 aliphatic heterocycles. The summed E-state index contributed by atoms with van der Waals surface area (Å²) in [5.74, 6) is 0.767. The molecule has 0 spiro atoms. The largest absolute Gasteiger partial charge is 0.368 e. The Balaban J connectivity index is 1.94. The quantitative estimate of drug-likeness (QED) is 0.764. The normalized spacial score (nSPS) is 15.7. The van der Waals surface area contributed by atoms with Crippen molar-refractivity contribution in [2.24, 2.45) is 0 Å². The molecule has 0 fully saturated rings. The molecule has 2 aromatic heterocycles. The van der Waals surface area contributed by atoms with E-state index in [2.05, 4.69) is 39.0 Å². The minimum Gasteiger partial charge on any atom is -0.368 e. The number of aryl methyl sites for hydroxylation is 1. The minimum atomic E-state index is -0.0699. The molecule has 27 heavy (non-hydrogen) atoms. The molecular weight excluding hydrogens is 364 g/mol. The number of pyridine rings is 1. The summed E-state index contributed by atoms with van der Waals surface area (Å²) in [6, 6.07) is 0. The average Bonchev–Trinajstić information content (AvgIpc) is 2.93. The van der Waals surface area contributed by atoms with E-state index in [4.69, 9.17) is 17.3 Å². The highest BCUT2D eigenvalue weighted by Crippen LogP contribution is 2.41. The lowest BCUT2D eigenvalue weighted by atomic mass is 10.00. The number of rotatable bonds is 5. The predicted molar refractivity (Wildman–Crippen MR) is 107 cm³/mol. The predicted octanol–water partition coefficient (Wildman–Crippen LogP) is 2.66. The van der Waals surface area contributed by atoms with Crippen LogP contribution in [-0.2, 0) is 11.3 Å². The Hall–Kier alpha value is -2.41. The number of nitrogens with two attached hydrogens (primary N) is 1. The standard InChI is InChI=1S/C19H25ClN6O/c1-5-22-15(27)6-13-8-26(18-16(13)17(20)24-19(21)25-18)9-14-7-23-12(4)10(2)11(14)3/h7,13H,5-6,8-9H2,1-4H3,(H,22,27)(H2,21,24,25)/t13-/m0/s1. The van der Waals surface area contributed by atoms with Crippen molar-refractivity contribution in [2.45, 2.75) is 46.6 Å². The molecule has 0 saturated carbocycles. The van der Waals surface area contributed by atoms with Gasteiger partial charge in [0.15, 0.2) is 0 Å². The number of nitrogens with one attached hydrogen (secondary N) is 1. The summed E-state index contributed by atoms with van der Waals surface area (Å²) in [6.45, 7) is 9.95. The molecule has 1 amide bonds. The molecule has 3 rings (SSSR count). The lowest BCUT2D eigenvalue weighted by Crippen LogP contribution is -2.27. The highest BCUT2D eigenvalue weighted by atomic mass is 35.5. The fourth-order valence-electron chi connectivity index (χ4n) is 3.53. The second-order valence-corrected chi connectivity index (χ2v) is 7.32. The van der Waals surface area contributed by atoms with Crippen LogP contribution in [0.1, 0.15) is 47.2 Å². The van der Waals surface area contributed by atoms with Crippen LogP contribution in [0.4, 0.5) is 11.8 Å². The number of aromatic nitrogens is 3. The van der Waals surface area contributed by atoms with E-state index in [0.29, 0.717) is 37.0 Å². The molecule has 0 saturated heterocycles. The van der Waals surface area contributed by atoms with Gasteiger partial charge in [0, 0.05) is 49.4 Å². The van der Waals surface area contributed by atoms with Crippen LogP contribution in [0, 0.1) is 20.8 Å². The van der Waals surface area contributed by atoms with E-state index in [1.807, 2.05) is 20.0 Å². The Morgan fingerprint density at radius 3 is 2.78 bits per heavy atom. The van der Waals surface area contributed by atoms with E-state index in [0.717, 1.165) is 16.8 Å². The molecule has 8 heteroatoms. The lowest BCUT2D eigenvalue weighted by Gasteiger charge is -2.21. The fraction of sp³-hybridized carbons (Fsp3) is 0.474. The summed E-state index contributed by atoms with van der Waals surface area (Å²) in [5, 5.41) is 3.17. The number of hydrogen-bond donors (Lipinski definition) is 2. The van der Waals surface area contributed by atoms with Crippen molar-refractivity contribution in [1.82, 2.24) is 20.3 Å². The molecular formula is C19H25ClN6O. The van der Waals surface area contributed by atoms with E-state index in [1.54, 1.807) is 0 Å². The summed E-state index contributed by atoms with van der Waals surface area (Å²) in [7, 11) is 0. The molecule has 3 N–H and O–H groups in total. The lowest BCUT2D eigenvalue weighted by molar-refractivity contribution is -0.121. The van der Waals surface area contributed by atoms with Crippen molar-refractivity contribution in [3.8, 4) is 0 Å². The molecule has 0 aliphatic carbocycles. The number of carbonyl (C=O) groups excluding carboxylic acids is 1. The van der Waals surface area contributed by atoms with Crippen LogP contribution in [0.3, 0.4) is 0 Å². The van der Waals surface area contributed by atoms with Crippen molar-refractivity contribution in [3.05, 3.63) is 39.3 Å². The van der Waals surface area contributed by atoms with Crippen LogP contribution < -0.4 is 16.0 Å². The number of nitrogen functional groups attached to an aromatic ring is 1. The van der Waals surface area contributed by atoms with Gasteiger partial charge in [0.2, 0.25) is 11.9 Å². The van der Waals surface area contributed by atoms with Gasteiger partial charge in [0.1, 0.15) is 11.0 Å². The van der Waals surface area contributed by atoms with Gasteiger partial charge in [-0.05, 0) is 44.4 Å². The summed E-state index contributed by atoms with van der Waals surface area (Å²) in [5.41, 5.74) is 11.2. The number of nitrogens with zero attached hydrogens (tertiary/aromatic N) is 4. The number of fused-ring (bicyclic) bond motifs is 1. The van der Waals surface area contributed by atoms with Crippen molar-refractivity contribution in [1.29, 1.82) is 0 Å². The van der Waals surface area contributed by atoms with Gasteiger partial charge < -0.3 is 16.0 Å². The zero-order valence-electron chi connectivity index (χ0n) is 16.1. The number of hydrogen-bond acceptors (Lipinski definition) is 6. The van der Waals surface area contributed by atoms with Crippen LogP contribution >= 0.6 is 11.6 Å². The molecule has 0 aromatic carbocycles. The van der Waals surface area contributed by atoms with Crippen LogP contribution in [0.5, 0.6) is 0 Å². The highest BCUT2D eigenvalue weighted by Gasteiger charge is 2.35. The molecule has 7 nitrogen and oxygen atoms in total. The van der Waals surface area contributed by atoms with Gasteiger partial charge in [-0.2, -0.15) is 4.98 Å². The summed E-state index contributed by atoms with van der Waals surface area (Å²) < 4.78 is 0. The Morgan fingerprint density at radius 1 is 1.33 bits per heavy atom. The fourth-order valence-corrected chi connectivity index (χ4v) is 3.85. The maximum atomic E-state index is 12.1. The van der Waals surface area contributed by atoms with Crippen LogP contribution in [0.15, 0.2) is 6.20 Å². The molecule has 1 aliphatic rings. The maximum absolute atomic E-state index is 12.1. The van der Waals surface area contributed by atoms with E-state index >= 15 is 0 Å². The second-order valence-electron chi connectivity index (χ2n) is 6.96. The summed E-state index contributed by atoms with van der Waals surface area (Å²) in [4.78, 5) is 27.3. The topological polar surface area (TPSA) is 97.0 Å². The maximum Gasteiger partial charge on any atom is 0.223 e. The van der Waals surface area contributed by atoms with E-state index in [1.165, 1.54) is 11.1 Å². The Kier molecular flexibility index (Phi) is 5.51. The van der Waals surface area contributed by atoms with Crippen LogP contribution in [-0.4, -0.2) is 33.9 Å². The van der Waals surface area contributed by atoms with Gasteiger partial charge in [-0.3, -0.25) is 9.78 Å². The first-order valence-corrected chi connectivity index (χ1v) is 9.45. The average molecular weight is 389 g/mol. The molecule has 0 unspecified atom stereocenters. The van der Waals surface area contributed by atoms with Gasteiger partial charge in [-0.15, -0.1) is 0 Å². The summed E-state index contributed by atoms with van der Waals surface area (Å²) >= 11 is 6.37. The number of anilines is 2. The van der Waals surface area contributed by atoms with Gasteiger partial charge >= 0.3 is 0 Å². The van der Waals surface area contributed by atoms with Crippen molar-refractivity contribution >= 4 is 29.3 Å². The minimum absolute atomic E-state index is 0.00720. The van der Waals surface area contributed by atoms with E-state index < -0.39 is 0 Å². The van der Waals surface area contributed by atoms with E-state index in [-0.39, 0.29) is 17.8 Å². The summed E-state index contributed by atoms with van der Waals surface area (Å²) in [6.07, 6.45) is 2.25. The van der Waals surface area contributed by atoms with Crippen molar-refractivity contribution in [2.75, 3.05) is 23.7 Å². The molecule has 144 valence electrons. The third-order valence-corrected chi connectivity index (χ3v) is 5.50. The SMILES string of the molecule is CCNC(=O)C[C@H]1CN(Cc2cnc(C)c(C)c2C)c2nc(N)nc(Cl)c21. The van der Waals surface area contributed by atoms with Gasteiger partial charge in [-0.25, -0.2) is 4.98 Å². The van der Waals surface area contributed by atoms with E-state index in [9.17, 15) is 4.79 Å². The number of amides is 1. The van der Waals surface area contributed by atoms with Crippen LogP contribution in [0.2, 0.25) is 5.15 Å². The Morgan fingerprint density at radius 2 is 2.07 bits per heavy atom. The molecule has 2 aromatic rings. The smallest absolute Gasteiger partial charge is 0.223 e. The molecule has 1 atom stereocenters. The second kappa shape index (κ2) is 7.68. The van der Waals surface area contributed by atoms with Crippen LogP contribution in [0.25, 0.3) is 0 Å². The monoisotopic (exact) mass is 388 g/mol. The van der Waals surface area contributed by atoms with Gasteiger partial charge in [0.05, 0.1) is 0 Å². The third kappa shape index (κ3) is 3.83. The van der Waals surface area contributed by atoms with Crippen molar-refractivity contribution < 1.29 is 4.79 Å². The molecule has 0 radical (unpaired) electrons.